The van der Waals surface area contributed by atoms with E-state index in [1.807, 2.05) is 43.3 Å². The summed E-state index contributed by atoms with van der Waals surface area (Å²) in [4.78, 5) is 25.4. The second-order valence-corrected chi connectivity index (χ2v) is 11.6. The topological polar surface area (TPSA) is 120 Å². The molecule has 1 aliphatic heterocycles. The number of hydrogen-bond acceptors (Lipinski definition) is 8. The molecule has 0 fully saturated rings. The minimum absolute atomic E-state index is 0.222. The van der Waals surface area contributed by atoms with Gasteiger partial charge in [0.2, 0.25) is 0 Å². The lowest BCUT2D eigenvalue weighted by atomic mass is 9.95. The number of allylic oxidation sites excluding steroid dienone is 1. The van der Waals surface area contributed by atoms with Crippen LogP contribution in [0.3, 0.4) is 0 Å². The van der Waals surface area contributed by atoms with Crippen molar-refractivity contribution in [1.29, 1.82) is 0 Å². The van der Waals surface area contributed by atoms with Gasteiger partial charge in [-0.1, -0.05) is 41.9 Å². The molecule has 0 bridgehead atoms. The standard InChI is InChI=1S/C32H32ClIN4O6S/c1-4-41-26-15-21(14-24(34)30(26)44-17-20-10-12-22(33)13-11-20)16-35-38-27(39)18-43-25-9-7-6-8-23(25)29-28(31(40)42-5-2)19(3)36-32(45)37-29/h6-16,29H,4-5,17-18H2,1-3H3,(H,38,39)(H2,36,37,45)/t29-/m0/s1. The number of rotatable bonds is 13. The molecular weight excluding hydrogens is 731 g/mol. The van der Waals surface area contributed by atoms with Gasteiger partial charge in [0.1, 0.15) is 12.4 Å². The number of ether oxygens (including phenoxy) is 4. The van der Waals surface area contributed by atoms with E-state index in [-0.39, 0.29) is 13.2 Å². The van der Waals surface area contributed by atoms with Crippen molar-refractivity contribution in [3.8, 4) is 17.2 Å². The van der Waals surface area contributed by atoms with E-state index in [0.717, 1.165) is 9.13 Å². The number of hydrogen-bond donors (Lipinski definition) is 3. The molecule has 1 atom stereocenters. The molecule has 236 valence electrons. The number of benzene rings is 3. The number of hydrazone groups is 1. The lowest BCUT2D eigenvalue weighted by Crippen LogP contribution is -2.45. The third kappa shape index (κ3) is 9.31. The Kier molecular flexibility index (Phi) is 12.4. The van der Waals surface area contributed by atoms with Gasteiger partial charge in [-0.15, -0.1) is 0 Å². The van der Waals surface area contributed by atoms with Gasteiger partial charge in [0.25, 0.3) is 5.91 Å². The summed E-state index contributed by atoms with van der Waals surface area (Å²) in [5.74, 6) is 0.616. The zero-order valence-corrected chi connectivity index (χ0v) is 28.5. The number of thiocarbonyl (C=S) groups is 1. The van der Waals surface area contributed by atoms with Crippen LogP contribution in [0.15, 0.2) is 77.0 Å². The molecule has 0 saturated carbocycles. The van der Waals surface area contributed by atoms with Crippen LogP contribution in [-0.2, 0) is 20.9 Å². The zero-order valence-electron chi connectivity index (χ0n) is 24.8. The quantitative estimate of drug-likeness (QED) is 0.0653. The van der Waals surface area contributed by atoms with E-state index in [2.05, 4.69) is 43.8 Å². The summed E-state index contributed by atoms with van der Waals surface area (Å²) in [6.07, 6.45) is 1.51. The SMILES string of the molecule is CCOC(=O)C1=C(C)NC(=S)N[C@H]1c1ccccc1OCC(=O)NN=Cc1cc(I)c(OCc2ccc(Cl)cc2)c(OCC)c1. The first-order chi connectivity index (χ1) is 21.7. The van der Waals surface area contributed by atoms with Crippen molar-refractivity contribution in [2.75, 3.05) is 19.8 Å². The maximum absolute atomic E-state index is 12.8. The van der Waals surface area contributed by atoms with Crippen molar-refractivity contribution in [3.63, 3.8) is 0 Å². The molecule has 3 aromatic rings. The predicted octanol–water partition coefficient (Wildman–Crippen LogP) is 5.81. The Morgan fingerprint density at radius 2 is 1.80 bits per heavy atom. The van der Waals surface area contributed by atoms with E-state index in [0.29, 0.717) is 63.0 Å². The van der Waals surface area contributed by atoms with Gasteiger partial charge in [0, 0.05) is 16.3 Å². The van der Waals surface area contributed by atoms with Crippen LogP contribution in [0.4, 0.5) is 0 Å². The molecule has 3 N–H and O–H groups in total. The number of carbonyl (C=O) groups excluding carboxylic acids is 2. The molecule has 0 spiro atoms. The molecule has 0 aromatic heterocycles. The molecule has 1 aliphatic rings. The number of carbonyl (C=O) groups is 2. The summed E-state index contributed by atoms with van der Waals surface area (Å²) in [5, 5.41) is 11.2. The molecule has 0 radical (unpaired) electrons. The number of halogens is 2. The van der Waals surface area contributed by atoms with Crippen molar-refractivity contribution >= 4 is 69.6 Å². The summed E-state index contributed by atoms with van der Waals surface area (Å²) in [5.41, 5.74) is 5.73. The van der Waals surface area contributed by atoms with Crippen molar-refractivity contribution in [2.24, 2.45) is 5.10 Å². The van der Waals surface area contributed by atoms with E-state index in [1.165, 1.54) is 6.21 Å². The van der Waals surface area contributed by atoms with Crippen LogP contribution >= 0.6 is 46.4 Å². The Labute approximate surface area is 285 Å². The number of esters is 1. The molecule has 45 heavy (non-hydrogen) atoms. The lowest BCUT2D eigenvalue weighted by molar-refractivity contribution is -0.139. The Morgan fingerprint density at radius 3 is 2.53 bits per heavy atom. The zero-order chi connectivity index (χ0) is 32.3. The van der Waals surface area contributed by atoms with Gasteiger partial charge in [-0.2, -0.15) is 5.10 Å². The third-order valence-electron chi connectivity index (χ3n) is 6.38. The second-order valence-electron chi connectivity index (χ2n) is 9.59. The highest BCUT2D eigenvalue weighted by molar-refractivity contribution is 14.1. The van der Waals surface area contributed by atoms with Gasteiger partial charge in [0.05, 0.1) is 34.6 Å². The second kappa shape index (κ2) is 16.4. The third-order valence-corrected chi connectivity index (χ3v) is 7.66. The van der Waals surface area contributed by atoms with E-state index in [1.54, 1.807) is 38.1 Å². The molecule has 1 heterocycles. The van der Waals surface area contributed by atoms with Gasteiger partial charge < -0.3 is 29.6 Å². The molecule has 13 heteroatoms. The summed E-state index contributed by atoms with van der Waals surface area (Å²) in [7, 11) is 0. The Balaban J connectivity index is 1.41. The summed E-state index contributed by atoms with van der Waals surface area (Å²) in [6, 6.07) is 17.6. The summed E-state index contributed by atoms with van der Waals surface area (Å²) >= 11 is 13.5. The van der Waals surface area contributed by atoms with Gasteiger partial charge in [-0.25, -0.2) is 10.2 Å². The first-order valence-corrected chi connectivity index (χ1v) is 15.9. The van der Waals surface area contributed by atoms with Crippen LogP contribution in [0.25, 0.3) is 0 Å². The fourth-order valence-corrected chi connectivity index (χ4v) is 5.59. The molecule has 0 aliphatic carbocycles. The number of nitrogens with one attached hydrogen (secondary N) is 3. The molecule has 4 rings (SSSR count). The fraction of sp³-hybridized carbons (Fsp3) is 0.250. The maximum atomic E-state index is 12.8. The monoisotopic (exact) mass is 762 g/mol. The summed E-state index contributed by atoms with van der Waals surface area (Å²) < 4.78 is 23.8. The molecule has 1 amide bonds. The van der Waals surface area contributed by atoms with Gasteiger partial charge in [-0.3, -0.25) is 4.79 Å². The van der Waals surface area contributed by atoms with Crippen LogP contribution < -0.4 is 30.3 Å². The van der Waals surface area contributed by atoms with Crippen molar-refractivity contribution in [2.45, 2.75) is 33.4 Å². The van der Waals surface area contributed by atoms with Crippen LogP contribution in [0.5, 0.6) is 17.2 Å². The first-order valence-electron chi connectivity index (χ1n) is 14.0. The van der Waals surface area contributed by atoms with E-state index in [9.17, 15) is 9.59 Å². The van der Waals surface area contributed by atoms with E-state index < -0.39 is 17.9 Å². The van der Waals surface area contributed by atoms with Crippen molar-refractivity contribution in [3.05, 3.63) is 97.2 Å². The highest BCUT2D eigenvalue weighted by atomic mass is 127. The first kappa shape index (κ1) is 34.0. The highest BCUT2D eigenvalue weighted by Gasteiger charge is 2.32. The molecular formula is C32H32ClIN4O6S. The van der Waals surface area contributed by atoms with Crippen LogP contribution in [0.1, 0.15) is 43.5 Å². The number of para-hydroxylation sites is 1. The Bertz CT molecular complexity index is 1620. The molecule has 0 unspecified atom stereocenters. The van der Waals surface area contributed by atoms with Crippen LogP contribution in [0.2, 0.25) is 5.02 Å². The smallest absolute Gasteiger partial charge is 0.338 e. The largest absolute Gasteiger partial charge is 0.490 e. The molecule has 0 saturated heterocycles. The van der Waals surface area contributed by atoms with Crippen molar-refractivity contribution in [1.82, 2.24) is 16.1 Å². The minimum atomic E-state index is -0.629. The molecule has 10 nitrogen and oxygen atoms in total. The van der Waals surface area contributed by atoms with Crippen LogP contribution in [-0.4, -0.2) is 43.0 Å². The Hall–Kier alpha value is -3.88. The average molecular weight is 763 g/mol. The number of amides is 1. The van der Waals surface area contributed by atoms with E-state index in [4.69, 9.17) is 42.8 Å². The molecule has 3 aromatic carbocycles. The van der Waals surface area contributed by atoms with Gasteiger partial charge >= 0.3 is 5.97 Å². The van der Waals surface area contributed by atoms with Gasteiger partial charge in [-0.05, 0) is 97.0 Å². The Morgan fingerprint density at radius 1 is 1.04 bits per heavy atom. The predicted molar refractivity (Wildman–Crippen MR) is 185 cm³/mol. The summed E-state index contributed by atoms with van der Waals surface area (Å²) in [6.45, 7) is 6.07. The lowest BCUT2D eigenvalue weighted by Gasteiger charge is -2.30. The number of nitrogens with zero attached hydrogens (tertiary/aromatic N) is 1. The fourth-order valence-electron chi connectivity index (χ4n) is 4.41. The van der Waals surface area contributed by atoms with Crippen LogP contribution in [0, 0.1) is 3.57 Å². The van der Waals surface area contributed by atoms with Gasteiger partial charge in [0.15, 0.2) is 23.2 Å². The minimum Gasteiger partial charge on any atom is -0.490 e. The average Bonchev–Trinajstić information content (AvgIpc) is 3.00. The maximum Gasteiger partial charge on any atom is 0.338 e. The van der Waals surface area contributed by atoms with Crippen molar-refractivity contribution < 1.29 is 28.5 Å². The normalized spacial score (nSPS) is 14.4. The highest BCUT2D eigenvalue weighted by Crippen LogP contribution is 2.35. The van der Waals surface area contributed by atoms with E-state index >= 15 is 0 Å².